The molecular weight excluding hydrogens is 214 g/mol. The molecule has 0 radical (unpaired) electrons. The Morgan fingerprint density at radius 1 is 1.59 bits per heavy atom. The highest BCUT2D eigenvalue weighted by molar-refractivity contribution is 5.77. The van der Waals surface area contributed by atoms with Gasteiger partial charge in [0.2, 0.25) is 0 Å². The first kappa shape index (κ1) is 13.5. The smallest absolute Gasteiger partial charge is 0.189 e. The lowest BCUT2D eigenvalue weighted by Crippen LogP contribution is -2.32. The molecule has 0 aromatic carbocycles. The van der Waals surface area contributed by atoms with Crippen LogP contribution in [0.3, 0.4) is 0 Å². The van der Waals surface area contributed by atoms with Gasteiger partial charge in [-0.3, -0.25) is 0 Å². The summed E-state index contributed by atoms with van der Waals surface area (Å²) in [6, 6.07) is 0. The van der Waals surface area contributed by atoms with Crippen LogP contribution in [0, 0.1) is 5.92 Å². The van der Waals surface area contributed by atoms with Crippen molar-refractivity contribution in [2.45, 2.75) is 40.3 Å². The summed E-state index contributed by atoms with van der Waals surface area (Å²) in [7, 11) is 0. The third-order valence-electron chi connectivity index (χ3n) is 2.31. The van der Waals surface area contributed by atoms with E-state index in [1.807, 2.05) is 12.4 Å². The molecule has 0 bridgehead atoms. The summed E-state index contributed by atoms with van der Waals surface area (Å²) < 4.78 is 2.13. The summed E-state index contributed by atoms with van der Waals surface area (Å²) in [6.07, 6.45) is 4.83. The van der Waals surface area contributed by atoms with Crippen LogP contribution in [-0.4, -0.2) is 22.1 Å². The first-order valence-corrected chi connectivity index (χ1v) is 6.17. The Labute approximate surface area is 103 Å². The molecule has 1 aromatic heterocycles. The highest BCUT2D eigenvalue weighted by Gasteiger charge is 2.03. The van der Waals surface area contributed by atoms with E-state index in [0.717, 1.165) is 25.3 Å². The number of nitrogens with zero attached hydrogens (tertiary/aromatic N) is 3. The zero-order valence-electron chi connectivity index (χ0n) is 11.0. The largest absolute Gasteiger partial charge is 0.370 e. The zero-order chi connectivity index (χ0) is 12.7. The molecule has 0 spiro atoms. The van der Waals surface area contributed by atoms with Crippen molar-refractivity contribution >= 4 is 5.96 Å². The maximum Gasteiger partial charge on any atom is 0.189 e. The van der Waals surface area contributed by atoms with Crippen molar-refractivity contribution in [3.05, 3.63) is 18.2 Å². The molecule has 0 unspecified atom stereocenters. The number of aliphatic imine (C=N–C) groups is 1. The molecule has 5 heteroatoms. The topological polar surface area (TPSA) is 68.2 Å². The van der Waals surface area contributed by atoms with Gasteiger partial charge in [0.25, 0.3) is 0 Å². The molecule has 0 aliphatic rings. The predicted octanol–water partition coefficient (Wildman–Crippen LogP) is 1.35. The summed E-state index contributed by atoms with van der Waals surface area (Å²) in [5.41, 5.74) is 5.73. The monoisotopic (exact) mass is 237 g/mol. The van der Waals surface area contributed by atoms with Crippen LogP contribution in [0.2, 0.25) is 0 Å². The van der Waals surface area contributed by atoms with Crippen LogP contribution >= 0.6 is 0 Å². The second-order valence-electron chi connectivity index (χ2n) is 4.52. The van der Waals surface area contributed by atoms with Crippen molar-refractivity contribution in [1.29, 1.82) is 0 Å². The van der Waals surface area contributed by atoms with Crippen molar-refractivity contribution in [3.63, 3.8) is 0 Å². The fourth-order valence-electron chi connectivity index (χ4n) is 1.52. The quantitative estimate of drug-likeness (QED) is 0.580. The van der Waals surface area contributed by atoms with E-state index in [1.165, 1.54) is 0 Å². The van der Waals surface area contributed by atoms with Gasteiger partial charge >= 0.3 is 0 Å². The first-order valence-electron chi connectivity index (χ1n) is 6.17. The molecule has 0 atom stereocenters. The number of hydrogen-bond donors (Lipinski definition) is 2. The van der Waals surface area contributed by atoms with Crippen LogP contribution in [-0.2, 0) is 13.1 Å². The van der Waals surface area contributed by atoms with Gasteiger partial charge in [0, 0.05) is 25.5 Å². The number of rotatable bonds is 6. The van der Waals surface area contributed by atoms with Crippen LogP contribution in [0.5, 0.6) is 0 Å². The van der Waals surface area contributed by atoms with Crippen LogP contribution in [0.15, 0.2) is 17.4 Å². The Kier molecular flexibility index (Phi) is 5.52. The summed E-state index contributed by atoms with van der Waals surface area (Å²) in [5.74, 6) is 2.05. The summed E-state index contributed by atoms with van der Waals surface area (Å²) in [5, 5.41) is 3.05. The molecule has 1 rings (SSSR count). The van der Waals surface area contributed by atoms with Gasteiger partial charge in [-0.1, -0.05) is 20.8 Å². The molecule has 0 saturated heterocycles. The van der Waals surface area contributed by atoms with Crippen LogP contribution in [0.25, 0.3) is 0 Å². The molecule has 96 valence electrons. The Bertz CT molecular complexity index is 354. The van der Waals surface area contributed by atoms with Gasteiger partial charge in [0.1, 0.15) is 12.4 Å². The molecule has 5 nitrogen and oxygen atoms in total. The standard InChI is InChI=1S/C12H23N5/c1-4-5-15-12(13)16-8-11-14-6-7-17(11)9-10(2)3/h6-7,10H,4-5,8-9H2,1-3H3,(H3,13,15,16). The second kappa shape index (κ2) is 6.93. The number of guanidine groups is 1. The SMILES string of the molecule is CCCNC(N)=NCc1nccn1CC(C)C. The number of nitrogens with one attached hydrogen (secondary N) is 1. The Hall–Kier alpha value is -1.52. The zero-order valence-corrected chi connectivity index (χ0v) is 11.0. The van der Waals surface area contributed by atoms with E-state index in [4.69, 9.17) is 5.73 Å². The summed E-state index contributed by atoms with van der Waals surface area (Å²) in [6.45, 7) is 8.81. The van der Waals surface area contributed by atoms with E-state index < -0.39 is 0 Å². The van der Waals surface area contributed by atoms with Crippen molar-refractivity contribution in [2.24, 2.45) is 16.6 Å². The van der Waals surface area contributed by atoms with Gasteiger partial charge in [0.15, 0.2) is 5.96 Å². The van der Waals surface area contributed by atoms with E-state index in [-0.39, 0.29) is 0 Å². The minimum atomic E-state index is 0.492. The van der Waals surface area contributed by atoms with Crippen LogP contribution < -0.4 is 11.1 Å². The lowest BCUT2D eigenvalue weighted by atomic mass is 10.2. The Morgan fingerprint density at radius 3 is 3.00 bits per heavy atom. The number of aromatic nitrogens is 2. The van der Waals surface area contributed by atoms with Crippen molar-refractivity contribution in [1.82, 2.24) is 14.9 Å². The van der Waals surface area contributed by atoms with Crippen molar-refractivity contribution in [3.8, 4) is 0 Å². The van der Waals surface area contributed by atoms with E-state index in [9.17, 15) is 0 Å². The van der Waals surface area contributed by atoms with Gasteiger partial charge in [0.05, 0.1) is 0 Å². The molecule has 1 heterocycles. The van der Waals surface area contributed by atoms with Crippen molar-refractivity contribution < 1.29 is 0 Å². The van der Waals surface area contributed by atoms with Gasteiger partial charge < -0.3 is 15.6 Å². The molecule has 0 fully saturated rings. The second-order valence-corrected chi connectivity index (χ2v) is 4.52. The van der Waals surface area contributed by atoms with E-state index in [1.54, 1.807) is 0 Å². The predicted molar refractivity (Wildman–Crippen MR) is 70.7 cm³/mol. The Balaban J connectivity index is 2.53. The number of imidazole rings is 1. The third-order valence-corrected chi connectivity index (χ3v) is 2.31. The molecular formula is C12H23N5. The maximum absolute atomic E-state index is 5.73. The molecule has 1 aromatic rings. The average molecular weight is 237 g/mol. The molecule has 3 N–H and O–H groups in total. The summed E-state index contributed by atoms with van der Waals surface area (Å²) >= 11 is 0. The minimum absolute atomic E-state index is 0.492. The van der Waals surface area contributed by atoms with Crippen molar-refractivity contribution in [2.75, 3.05) is 6.54 Å². The lowest BCUT2D eigenvalue weighted by Gasteiger charge is -2.09. The first-order chi connectivity index (χ1) is 8.13. The highest BCUT2D eigenvalue weighted by atomic mass is 15.1. The number of nitrogens with two attached hydrogens (primary N) is 1. The molecule has 0 aliphatic carbocycles. The molecule has 0 saturated carbocycles. The van der Waals surface area contributed by atoms with Crippen LogP contribution in [0.1, 0.15) is 33.0 Å². The third kappa shape index (κ3) is 4.89. The van der Waals surface area contributed by atoms with Gasteiger partial charge in [-0.2, -0.15) is 0 Å². The maximum atomic E-state index is 5.73. The van der Waals surface area contributed by atoms with Gasteiger partial charge in [-0.25, -0.2) is 9.98 Å². The Morgan fingerprint density at radius 2 is 2.35 bits per heavy atom. The molecule has 0 amide bonds. The molecule has 17 heavy (non-hydrogen) atoms. The number of hydrogen-bond acceptors (Lipinski definition) is 2. The van der Waals surface area contributed by atoms with E-state index >= 15 is 0 Å². The van der Waals surface area contributed by atoms with E-state index in [2.05, 4.69) is 40.6 Å². The fraction of sp³-hybridized carbons (Fsp3) is 0.667. The normalized spacial score (nSPS) is 12.1. The summed E-state index contributed by atoms with van der Waals surface area (Å²) in [4.78, 5) is 8.57. The minimum Gasteiger partial charge on any atom is -0.370 e. The average Bonchev–Trinajstić information content (AvgIpc) is 2.70. The van der Waals surface area contributed by atoms with Crippen LogP contribution in [0.4, 0.5) is 0 Å². The van der Waals surface area contributed by atoms with E-state index in [0.29, 0.717) is 18.4 Å². The fourth-order valence-corrected chi connectivity index (χ4v) is 1.52. The lowest BCUT2D eigenvalue weighted by molar-refractivity contribution is 0.507. The van der Waals surface area contributed by atoms with Gasteiger partial charge in [-0.05, 0) is 12.3 Å². The van der Waals surface area contributed by atoms with Gasteiger partial charge in [-0.15, -0.1) is 0 Å². The highest BCUT2D eigenvalue weighted by Crippen LogP contribution is 2.04. The molecule has 0 aliphatic heterocycles.